The van der Waals surface area contributed by atoms with Crippen LogP contribution in [-0.2, 0) is 0 Å². The Morgan fingerprint density at radius 2 is 1.96 bits per heavy atom. The van der Waals surface area contributed by atoms with Gasteiger partial charge in [0.1, 0.15) is 23.0 Å². The summed E-state index contributed by atoms with van der Waals surface area (Å²) >= 11 is 0. The Bertz CT molecular complexity index is 914. The molecule has 3 heterocycles. The third-order valence-corrected chi connectivity index (χ3v) is 4.55. The zero-order valence-corrected chi connectivity index (χ0v) is 14.5. The summed E-state index contributed by atoms with van der Waals surface area (Å²) in [5, 5.41) is 6.55. The van der Waals surface area contributed by atoms with Crippen LogP contribution < -0.4 is 4.74 Å². The standard InChI is InChI=1S/C19H18FN5O2/c20-14-3-5-15(6-4-14)27-18-17(21-9-10-22-18)13-2-1-11-25(12-13)19(26)16-7-8-23-24-16/h3-10,13H,1-2,11-12H2,(H,23,24)/t13-/m1/s1. The molecule has 0 aliphatic carbocycles. The Hall–Kier alpha value is -3.29. The van der Waals surface area contributed by atoms with E-state index in [1.807, 2.05) is 0 Å². The number of nitrogens with one attached hydrogen (secondary N) is 1. The number of likely N-dealkylation sites (tertiary alicyclic amines) is 1. The van der Waals surface area contributed by atoms with Gasteiger partial charge in [-0.1, -0.05) is 0 Å². The highest BCUT2D eigenvalue weighted by molar-refractivity contribution is 5.92. The summed E-state index contributed by atoms with van der Waals surface area (Å²) in [5.41, 5.74) is 1.17. The summed E-state index contributed by atoms with van der Waals surface area (Å²) in [6, 6.07) is 7.41. The molecule has 0 radical (unpaired) electrons. The summed E-state index contributed by atoms with van der Waals surface area (Å²) < 4.78 is 18.9. The second-order valence-corrected chi connectivity index (χ2v) is 6.36. The third-order valence-electron chi connectivity index (χ3n) is 4.55. The van der Waals surface area contributed by atoms with Crippen LogP contribution in [0.1, 0.15) is 34.9 Å². The molecule has 0 bridgehead atoms. The minimum atomic E-state index is -0.332. The van der Waals surface area contributed by atoms with E-state index in [-0.39, 0.29) is 17.6 Å². The van der Waals surface area contributed by atoms with E-state index in [9.17, 15) is 9.18 Å². The summed E-state index contributed by atoms with van der Waals surface area (Å²) in [7, 11) is 0. The summed E-state index contributed by atoms with van der Waals surface area (Å²) in [4.78, 5) is 23.1. The lowest BCUT2D eigenvalue weighted by atomic mass is 9.94. The molecule has 2 aromatic heterocycles. The molecule has 138 valence electrons. The molecule has 4 rings (SSSR count). The quantitative estimate of drug-likeness (QED) is 0.766. The average molecular weight is 367 g/mol. The normalized spacial score (nSPS) is 16.9. The second-order valence-electron chi connectivity index (χ2n) is 6.36. The van der Waals surface area contributed by atoms with Crippen LogP contribution in [0, 0.1) is 5.82 Å². The first-order valence-corrected chi connectivity index (χ1v) is 8.73. The van der Waals surface area contributed by atoms with Crippen LogP contribution in [0.2, 0.25) is 0 Å². The maximum atomic E-state index is 13.1. The minimum absolute atomic E-state index is 0.00905. The number of H-pyrrole nitrogens is 1. The first-order chi connectivity index (χ1) is 13.2. The van der Waals surface area contributed by atoms with Gasteiger partial charge in [0.2, 0.25) is 5.88 Å². The highest BCUT2D eigenvalue weighted by Gasteiger charge is 2.29. The number of amides is 1. The van der Waals surface area contributed by atoms with Gasteiger partial charge in [0.25, 0.3) is 5.91 Å². The van der Waals surface area contributed by atoms with Crippen molar-refractivity contribution < 1.29 is 13.9 Å². The highest BCUT2D eigenvalue weighted by atomic mass is 19.1. The zero-order chi connectivity index (χ0) is 18.6. The predicted molar refractivity (Wildman–Crippen MR) is 95.0 cm³/mol. The Kier molecular flexibility index (Phi) is 4.78. The van der Waals surface area contributed by atoms with E-state index in [0.29, 0.717) is 36.1 Å². The van der Waals surface area contributed by atoms with Crippen LogP contribution in [0.3, 0.4) is 0 Å². The molecule has 1 aromatic carbocycles. The van der Waals surface area contributed by atoms with Gasteiger partial charge < -0.3 is 9.64 Å². The van der Waals surface area contributed by atoms with Crippen molar-refractivity contribution in [2.45, 2.75) is 18.8 Å². The maximum Gasteiger partial charge on any atom is 0.271 e. The number of rotatable bonds is 4. The Balaban J connectivity index is 1.54. The smallest absolute Gasteiger partial charge is 0.271 e. The molecule has 1 aliphatic rings. The lowest BCUT2D eigenvalue weighted by molar-refractivity contribution is 0.0698. The Morgan fingerprint density at radius 1 is 1.15 bits per heavy atom. The van der Waals surface area contributed by atoms with Crippen LogP contribution in [0.4, 0.5) is 4.39 Å². The van der Waals surface area contributed by atoms with Crippen molar-refractivity contribution in [3.63, 3.8) is 0 Å². The predicted octanol–water partition coefficient (Wildman–Crippen LogP) is 3.15. The lowest BCUT2D eigenvalue weighted by Crippen LogP contribution is -2.39. The average Bonchev–Trinajstić information content (AvgIpc) is 3.24. The number of ether oxygens (including phenoxy) is 1. The minimum Gasteiger partial charge on any atom is -0.437 e. The molecule has 27 heavy (non-hydrogen) atoms. The van der Waals surface area contributed by atoms with Crippen molar-refractivity contribution in [3.05, 3.63) is 66.1 Å². The first kappa shape index (κ1) is 17.1. The fraction of sp³-hybridized carbons (Fsp3) is 0.263. The monoisotopic (exact) mass is 367 g/mol. The molecule has 0 spiro atoms. The van der Waals surface area contributed by atoms with Gasteiger partial charge in [0, 0.05) is 37.6 Å². The fourth-order valence-electron chi connectivity index (χ4n) is 3.24. The molecule has 1 amide bonds. The van der Waals surface area contributed by atoms with E-state index < -0.39 is 0 Å². The molecule has 1 fully saturated rings. The molecule has 8 heteroatoms. The van der Waals surface area contributed by atoms with E-state index in [1.165, 1.54) is 12.1 Å². The van der Waals surface area contributed by atoms with Crippen molar-refractivity contribution in [2.24, 2.45) is 0 Å². The van der Waals surface area contributed by atoms with Crippen LogP contribution in [0.5, 0.6) is 11.6 Å². The molecule has 1 saturated heterocycles. The van der Waals surface area contributed by atoms with Gasteiger partial charge in [-0.25, -0.2) is 9.37 Å². The van der Waals surface area contributed by atoms with Crippen molar-refractivity contribution in [3.8, 4) is 11.6 Å². The van der Waals surface area contributed by atoms with Crippen LogP contribution in [0.15, 0.2) is 48.9 Å². The summed E-state index contributed by atoms with van der Waals surface area (Å²) in [6.45, 7) is 1.21. The summed E-state index contributed by atoms with van der Waals surface area (Å²) in [5.74, 6) is 0.461. The number of carbonyl (C=O) groups is 1. The van der Waals surface area contributed by atoms with E-state index in [2.05, 4.69) is 20.2 Å². The molecule has 3 aromatic rings. The van der Waals surface area contributed by atoms with E-state index in [4.69, 9.17) is 4.74 Å². The summed E-state index contributed by atoms with van der Waals surface area (Å²) in [6.07, 6.45) is 6.47. The molecular weight excluding hydrogens is 349 g/mol. The van der Waals surface area contributed by atoms with Crippen LogP contribution in [-0.4, -0.2) is 44.1 Å². The maximum absolute atomic E-state index is 13.1. The highest BCUT2D eigenvalue weighted by Crippen LogP contribution is 2.33. The number of benzene rings is 1. The van der Waals surface area contributed by atoms with Crippen molar-refractivity contribution in [1.82, 2.24) is 25.1 Å². The molecule has 1 N–H and O–H groups in total. The number of nitrogens with zero attached hydrogens (tertiary/aromatic N) is 4. The van der Waals surface area contributed by atoms with Crippen molar-refractivity contribution >= 4 is 5.91 Å². The number of aromatic amines is 1. The Morgan fingerprint density at radius 3 is 2.74 bits per heavy atom. The van der Waals surface area contributed by atoms with E-state index in [0.717, 1.165) is 12.8 Å². The van der Waals surface area contributed by atoms with Gasteiger partial charge in [0.05, 0.1) is 0 Å². The Labute approximate surface area is 155 Å². The van der Waals surface area contributed by atoms with Gasteiger partial charge in [-0.05, 0) is 43.2 Å². The number of hydrogen-bond acceptors (Lipinski definition) is 5. The number of carbonyl (C=O) groups excluding carboxylic acids is 1. The number of halogens is 1. The molecular formula is C19H18FN5O2. The molecule has 7 nitrogen and oxygen atoms in total. The zero-order valence-electron chi connectivity index (χ0n) is 14.5. The molecule has 1 aliphatic heterocycles. The van der Waals surface area contributed by atoms with E-state index in [1.54, 1.807) is 41.7 Å². The SMILES string of the molecule is O=C(c1ccn[nH]1)N1CCC[C@@H](c2nccnc2Oc2ccc(F)cc2)C1. The van der Waals surface area contributed by atoms with E-state index >= 15 is 0 Å². The second kappa shape index (κ2) is 7.53. The molecule has 0 unspecified atom stereocenters. The van der Waals surface area contributed by atoms with Crippen molar-refractivity contribution in [2.75, 3.05) is 13.1 Å². The first-order valence-electron chi connectivity index (χ1n) is 8.73. The fourth-order valence-corrected chi connectivity index (χ4v) is 3.24. The van der Waals surface area contributed by atoms with Crippen LogP contribution in [0.25, 0.3) is 0 Å². The largest absolute Gasteiger partial charge is 0.437 e. The van der Waals surface area contributed by atoms with Gasteiger partial charge >= 0.3 is 0 Å². The molecule has 1 atom stereocenters. The van der Waals surface area contributed by atoms with Gasteiger partial charge in [0.15, 0.2) is 0 Å². The van der Waals surface area contributed by atoms with Gasteiger partial charge in [-0.3, -0.25) is 14.9 Å². The molecule has 0 saturated carbocycles. The topological polar surface area (TPSA) is 84.0 Å². The van der Waals surface area contributed by atoms with Gasteiger partial charge in [-0.2, -0.15) is 5.10 Å². The lowest BCUT2D eigenvalue weighted by Gasteiger charge is -2.32. The van der Waals surface area contributed by atoms with Crippen LogP contribution >= 0.6 is 0 Å². The number of hydrogen-bond donors (Lipinski definition) is 1. The number of piperidine rings is 1. The van der Waals surface area contributed by atoms with Crippen molar-refractivity contribution in [1.29, 1.82) is 0 Å². The number of aromatic nitrogens is 4. The third kappa shape index (κ3) is 3.79. The van der Waals surface area contributed by atoms with Gasteiger partial charge in [-0.15, -0.1) is 0 Å².